The fraction of sp³-hybridized carbons (Fsp3) is 0.143. The Kier molecular flexibility index (Phi) is 4.65. The Bertz CT molecular complexity index is 756. The second-order valence-corrected chi connectivity index (χ2v) is 4.87. The van der Waals surface area contributed by atoms with Gasteiger partial charge in [-0.05, 0) is 41.9 Å². The highest BCUT2D eigenvalue weighted by atomic mass is 35.5. The van der Waals surface area contributed by atoms with Gasteiger partial charge in [0.05, 0.1) is 11.3 Å². The molecule has 23 heavy (non-hydrogen) atoms. The lowest BCUT2D eigenvalue weighted by molar-refractivity contribution is -0.137. The Labute approximate surface area is 133 Å². The highest BCUT2D eigenvalue weighted by Gasteiger charge is 2.34. The van der Waals surface area contributed by atoms with Gasteiger partial charge in [-0.2, -0.15) is 13.2 Å². The molecule has 0 radical (unpaired) electrons. The third kappa shape index (κ3) is 4.26. The molecule has 9 heteroatoms. The van der Waals surface area contributed by atoms with Crippen LogP contribution in [0.15, 0.2) is 34.7 Å². The van der Waals surface area contributed by atoms with E-state index in [1.54, 1.807) is 0 Å². The second kappa shape index (κ2) is 6.33. The van der Waals surface area contributed by atoms with Crippen molar-refractivity contribution in [2.24, 2.45) is 0 Å². The maximum atomic E-state index is 13.1. The molecule has 0 aliphatic heterocycles. The van der Waals surface area contributed by atoms with E-state index in [0.29, 0.717) is 0 Å². The van der Waals surface area contributed by atoms with E-state index < -0.39 is 29.2 Å². The minimum Gasteiger partial charge on any atom is -0.440 e. The molecule has 0 saturated heterocycles. The first-order chi connectivity index (χ1) is 10.7. The molecule has 122 valence electrons. The van der Waals surface area contributed by atoms with Gasteiger partial charge in [-0.1, -0.05) is 0 Å². The van der Waals surface area contributed by atoms with Crippen molar-refractivity contribution in [3.8, 4) is 0 Å². The molecule has 0 bridgehead atoms. The van der Waals surface area contributed by atoms with Gasteiger partial charge in [-0.25, -0.2) is 0 Å². The normalized spacial score (nSPS) is 11.2. The number of alkyl halides is 3. The Balaban J connectivity index is 2.33. The zero-order valence-corrected chi connectivity index (χ0v) is 12.4. The smallest absolute Gasteiger partial charge is 0.418 e. The average Bonchev–Trinajstić information content (AvgIpc) is 2.85. The largest absolute Gasteiger partial charge is 0.440 e. The van der Waals surface area contributed by atoms with Crippen molar-refractivity contribution >= 4 is 34.8 Å². The standard InChI is InChI=1S/C14H10ClF3N2O3/c1-7(21)19-8-2-3-10(9(6-8)14(16,17)18)20-13(22)11-4-5-12(15)23-11/h2-6H,1H3,(H,19,21)(H,20,22). The second-order valence-electron chi connectivity index (χ2n) is 4.50. The number of amides is 2. The quantitative estimate of drug-likeness (QED) is 0.876. The Morgan fingerprint density at radius 2 is 1.83 bits per heavy atom. The van der Waals surface area contributed by atoms with E-state index in [0.717, 1.165) is 12.1 Å². The summed E-state index contributed by atoms with van der Waals surface area (Å²) in [5, 5.41) is 4.29. The molecule has 2 amide bonds. The molecule has 0 unspecified atom stereocenters. The summed E-state index contributed by atoms with van der Waals surface area (Å²) in [6, 6.07) is 5.53. The minimum absolute atomic E-state index is 0.0381. The highest BCUT2D eigenvalue weighted by molar-refractivity contribution is 6.29. The first kappa shape index (κ1) is 16.9. The topological polar surface area (TPSA) is 71.3 Å². The van der Waals surface area contributed by atoms with Crippen molar-refractivity contribution in [1.82, 2.24) is 0 Å². The minimum atomic E-state index is -4.72. The maximum Gasteiger partial charge on any atom is 0.418 e. The van der Waals surface area contributed by atoms with E-state index in [1.165, 1.54) is 25.1 Å². The van der Waals surface area contributed by atoms with Crippen molar-refractivity contribution in [3.05, 3.63) is 46.9 Å². The lowest BCUT2D eigenvalue weighted by Crippen LogP contribution is -2.17. The van der Waals surface area contributed by atoms with Gasteiger partial charge in [0, 0.05) is 12.6 Å². The molecule has 1 heterocycles. The van der Waals surface area contributed by atoms with Crippen LogP contribution in [0, 0.1) is 0 Å². The summed E-state index contributed by atoms with van der Waals surface area (Å²) in [5.41, 5.74) is -1.61. The van der Waals surface area contributed by atoms with E-state index in [-0.39, 0.29) is 16.7 Å². The lowest BCUT2D eigenvalue weighted by atomic mass is 10.1. The number of nitrogens with one attached hydrogen (secondary N) is 2. The number of furan rings is 1. The van der Waals surface area contributed by atoms with Gasteiger partial charge in [-0.3, -0.25) is 9.59 Å². The molecule has 2 rings (SSSR count). The molecule has 2 N–H and O–H groups in total. The third-order valence-electron chi connectivity index (χ3n) is 2.69. The predicted octanol–water partition coefficient (Wildman–Crippen LogP) is 4.16. The van der Waals surface area contributed by atoms with Crippen LogP contribution in [0.2, 0.25) is 5.22 Å². The van der Waals surface area contributed by atoms with Crippen molar-refractivity contribution < 1.29 is 27.2 Å². The monoisotopic (exact) mass is 346 g/mol. The molecule has 5 nitrogen and oxygen atoms in total. The van der Waals surface area contributed by atoms with Gasteiger partial charge >= 0.3 is 6.18 Å². The van der Waals surface area contributed by atoms with E-state index >= 15 is 0 Å². The molecule has 0 spiro atoms. The molecule has 1 aromatic heterocycles. The number of hydrogen-bond acceptors (Lipinski definition) is 3. The first-order valence-corrected chi connectivity index (χ1v) is 6.60. The number of rotatable bonds is 3. The summed E-state index contributed by atoms with van der Waals surface area (Å²) >= 11 is 5.51. The summed E-state index contributed by atoms with van der Waals surface area (Å²) in [5.74, 6) is -1.62. The molecular formula is C14H10ClF3N2O3. The molecule has 0 fully saturated rings. The fourth-order valence-corrected chi connectivity index (χ4v) is 1.94. The zero-order valence-electron chi connectivity index (χ0n) is 11.6. The van der Waals surface area contributed by atoms with Crippen LogP contribution in [0.5, 0.6) is 0 Å². The number of halogens is 4. The van der Waals surface area contributed by atoms with Crippen molar-refractivity contribution in [1.29, 1.82) is 0 Å². The predicted molar refractivity (Wildman–Crippen MR) is 77.4 cm³/mol. The fourth-order valence-electron chi connectivity index (χ4n) is 1.79. The Morgan fingerprint density at radius 3 is 2.35 bits per heavy atom. The third-order valence-corrected chi connectivity index (χ3v) is 2.89. The van der Waals surface area contributed by atoms with E-state index in [4.69, 9.17) is 16.0 Å². The lowest BCUT2D eigenvalue weighted by Gasteiger charge is -2.15. The van der Waals surface area contributed by atoms with Crippen LogP contribution in [-0.4, -0.2) is 11.8 Å². The molecule has 0 saturated carbocycles. The van der Waals surface area contributed by atoms with Gasteiger partial charge < -0.3 is 15.1 Å². The number of benzene rings is 1. The number of carbonyl (C=O) groups is 2. The molecule has 0 aliphatic rings. The van der Waals surface area contributed by atoms with Gasteiger partial charge in [-0.15, -0.1) is 0 Å². The first-order valence-electron chi connectivity index (χ1n) is 6.22. The average molecular weight is 347 g/mol. The van der Waals surface area contributed by atoms with Crippen LogP contribution in [0.1, 0.15) is 23.0 Å². The zero-order chi connectivity index (χ0) is 17.2. The molecule has 1 aromatic carbocycles. The van der Waals surface area contributed by atoms with Crippen LogP contribution in [0.4, 0.5) is 24.5 Å². The summed E-state index contributed by atoms with van der Waals surface area (Å²) in [6.45, 7) is 1.17. The summed E-state index contributed by atoms with van der Waals surface area (Å²) in [4.78, 5) is 22.8. The summed E-state index contributed by atoms with van der Waals surface area (Å²) in [7, 11) is 0. The van der Waals surface area contributed by atoms with Crippen LogP contribution < -0.4 is 10.6 Å². The van der Waals surface area contributed by atoms with Crippen LogP contribution in [-0.2, 0) is 11.0 Å². The Morgan fingerprint density at radius 1 is 1.13 bits per heavy atom. The summed E-state index contributed by atoms with van der Waals surface area (Å²) < 4.78 is 44.2. The van der Waals surface area contributed by atoms with Crippen molar-refractivity contribution in [3.63, 3.8) is 0 Å². The van der Waals surface area contributed by atoms with Gasteiger partial charge in [0.2, 0.25) is 5.91 Å². The van der Waals surface area contributed by atoms with Crippen molar-refractivity contribution in [2.75, 3.05) is 10.6 Å². The van der Waals surface area contributed by atoms with Crippen LogP contribution >= 0.6 is 11.6 Å². The van der Waals surface area contributed by atoms with Gasteiger partial charge in [0.15, 0.2) is 11.0 Å². The van der Waals surface area contributed by atoms with Gasteiger partial charge in [0.1, 0.15) is 0 Å². The number of anilines is 2. The van der Waals surface area contributed by atoms with E-state index in [9.17, 15) is 22.8 Å². The van der Waals surface area contributed by atoms with E-state index in [2.05, 4.69) is 10.6 Å². The number of hydrogen-bond donors (Lipinski definition) is 2. The molecule has 0 atom stereocenters. The SMILES string of the molecule is CC(=O)Nc1ccc(NC(=O)c2ccc(Cl)o2)c(C(F)(F)F)c1. The van der Waals surface area contributed by atoms with Crippen molar-refractivity contribution in [2.45, 2.75) is 13.1 Å². The number of carbonyl (C=O) groups excluding carboxylic acids is 2. The van der Waals surface area contributed by atoms with Crippen LogP contribution in [0.3, 0.4) is 0 Å². The molecule has 0 aliphatic carbocycles. The van der Waals surface area contributed by atoms with Crippen LogP contribution in [0.25, 0.3) is 0 Å². The molecule has 2 aromatic rings. The van der Waals surface area contributed by atoms with E-state index in [1.807, 2.05) is 0 Å². The van der Waals surface area contributed by atoms with Gasteiger partial charge in [0.25, 0.3) is 5.91 Å². The maximum absolute atomic E-state index is 13.1. The molecular weight excluding hydrogens is 337 g/mol. The highest BCUT2D eigenvalue weighted by Crippen LogP contribution is 2.36. The summed E-state index contributed by atoms with van der Waals surface area (Å²) in [6.07, 6.45) is -4.72. The Hall–Kier alpha value is -2.48.